The minimum Gasteiger partial charge on any atom is -0.476 e. The van der Waals surface area contributed by atoms with Crippen LogP contribution in [0.3, 0.4) is 0 Å². The maximum atomic E-state index is 14.1. The molecule has 0 spiro atoms. The average molecular weight is 1300 g/mol. The molecule has 8 rings (SSSR count). The van der Waals surface area contributed by atoms with Gasteiger partial charge in [0.25, 0.3) is 5.91 Å². The number of rotatable bonds is 33. The standard InChI is InChI=1S/C65H86F3N11O12S/c1-44(47-16-18-48(19-17-47)57-46(3)71-43-92-57)72-60(83)55-37-53(80)41-79(55)61(84)58(63(4,5)6)73-56(81)15-8-7-9-21-78-40-52(75-76-78)42-90-33-32-88-29-28-86-26-27-87-30-31-89-34-35-91-62-64(77-22-24-85-25-23-77,38-50(39-70-62)54-14-11-20-69-45(54)2)74-59(82)49-12-10-13-51(36-49)65(66,67)68/h10-14,16-20,36,39-40,43-44,53,55,58,80H,7-9,15,21-35,37-38,41-42H2,1-6H3,(H,72,83)(H,73,81)(H,74,82)/t44-,53+,55-,58-,64?/m0/s1. The van der Waals surface area contributed by atoms with Crippen LogP contribution in [-0.2, 0) is 66.9 Å². The fourth-order valence-electron chi connectivity index (χ4n) is 11.0. The van der Waals surface area contributed by atoms with Gasteiger partial charge in [0.1, 0.15) is 24.4 Å². The summed E-state index contributed by atoms with van der Waals surface area (Å²) in [4.78, 5) is 73.0. The topological polar surface area (TPSA) is 265 Å². The van der Waals surface area contributed by atoms with Crippen LogP contribution in [0.15, 0.2) is 89.8 Å². The largest absolute Gasteiger partial charge is 0.476 e. The second-order valence-corrected chi connectivity index (χ2v) is 24.8. The first kappa shape index (κ1) is 70.8. The first-order valence-corrected chi connectivity index (χ1v) is 32.1. The van der Waals surface area contributed by atoms with Gasteiger partial charge >= 0.3 is 6.18 Å². The van der Waals surface area contributed by atoms with Gasteiger partial charge in [-0.05, 0) is 80.0 Å². The molecule has 0 aliphatic carbocycles. The summed E-state index contributed by atoms with van der Waals surface area (Å²) in [7, 11) is 0. The quantitative estimate of drug-likeness (QED) is 0.0301. The average Bonchev–Trinajstić information content (AvgIpc) is 1.20. The number of ether oxygens (including phenoxy) is 7. The number of amides is 4. The van der Waals surface area contributed by atoms with Crippen molar-refractivity contribution in [1.29, 1.82) is 0 Å². The number of hydrogen-bond acceptors (Lipinski definition) is 19. The number of β-amino-alcohol motifs (C(OH)–C–C–N with tert-alkyl or cyclic N) is 1. The summed E-state index contributed by atoms with van der Waals surface area (Å²) in [6.07, 6.45) is 2.22. The third-order valence-electron chi connectivity index (χ3n) is 16.0. The molecular formula is C65H86F3N11O12S. The minimum atomic E-state index is -4.64. The molecule has 5 atom stereocenters. The van der Waals surface area contributed by atoms with Crippen molar-refractivity contribution in [3.05, 3.63) is 124 Å². The molecule has 3 aliphatic rings. The molecule has 27 heteroatoms. The van der Waals surface area contributed by atoms with Crippen molar-refractivity contribution < 1.29 is 70.6 Å². The number of nitrogens with zero attached hydrogens (tertiary/aromatic N) is 8. The van der Waals surface area contributed by atoms with E-state index in [0.29, 0.717) is 91.2 Å². The molecule has 500 valence electrons. The van der Waals surface area contributed by atoms with E-state index in [-0.39, 0.29) is 81.6 Å². The molecule has 3 aliphatic heterocycles. The van der Waals surface area contributed by atoms with Crippen LogP contribution in [0.1, 0.15) is 116 Å². The van der Waals surface area contributed by atoms with Gasteiger partial charge in [0.05, 0.1) is 119 Å². The molecule has 2 fully saturated rings. The summed E-state index contributed by atoms with van der Waals surface area (Å²) in [5, 5.41) is 28.1. The second kappa shape index (κ2) is 34.2. The predicted molar refractivity (Wildman–Crippen MR) is 337 cm³/mol. The molecule has 6 heterocycles. The normalized spacial score (nSPS) is 18.7. The second-order valence-electron chi connectivity index (χ2n) is 23.9. The van der Waals surface area contributed by atoms with Gasteiger partial charge < -0.3 is 59.1 Å². The molecule has 92 heavy (non-hydrogen) atoms. The number of alkyl halides is 3. The number of aryl methyl sites for hydroxylation is 3. The molecule has 3 aromatic heterocycles. The lowest BCUT2D eigenvalue weighted by molar-refractivity contribution is -0.144. The Bertz CT molecular complexity index is 3260. The van der Waals surface area contributed by atoms with Gasteiger partial charge in [0.15, 0.2) is 5.66 Å². The van der Waals surface area contributed by atoms with Crippen LogP contribution < -0.4 is 16.0 Å². The highest BCUT2D eigenvalue weighted by molar-refractivity contribution is 7.13. The fourth-order valence-corrected chi connectivity index (χ4v) is 11.8. The van der Waals surface area contributed by atoms with Gasteiger partial charge in [-0.1, -0.05) is 68.8 Å². The van der Waals surface area contributed by atoms with Crippen LogP contribution in [0.2, 0.25) is 0 Å². The smallest absolute Gasteiger partial charge is 0.416 e. The lowest BCUT2D eigenvalue weighted by atomic mass is 9.85. The van der Waals surface area contributed by atoms with E-state index in [4.69, 9.17) is 38.2 Å². The zero-order chi connectivity index (χ0) is 65.7. The molecule has 2 aromatic carbocycles. The van der Waals surface area contributed by atoms with E-state index in [0.717, 1.165) is 63.5 Å². The lowest BCUT2D eigenvalue weighted by Crippen LogP contribution is -2.68. The van der Waals surface area contributed by atoms with Crippen molar-refractivity contribution in [1.82, 2.24) is 50.7 Å². The SMILES string of the molecule is Cc1ncccc1C1=CN=C(OCCOCCOCCOCCOCCOCc2cn(CCCCCC(=O)N[C@@H](C(=O)N3C[C@H](O)C[C@H]3C(=O)N[C@@H](C)c3ccc(-c4scnc4C)cc3)C(C)(C)C)nn2)C(NC(=O)c2cccc(C(F)(F)F)c2)(N2CCOCC2)C1. The number of halogens is 3. The summed E-state index contributed by atoms with van der Waals surface area (Å²) in [5.41, 5.74) is 4.54. The molecule has 0 saturated carbocycles. The summed E-state index contributed by atoms with van der Waals surface area (Å²) in [6.45, 7) is 16.5. The molecule has 4 N–H and O–H groups in total. The Kier molecular flexibility index (Phi) is 26.3. The van der Waals surface area contributed by atoms with Gasteiger partial charge in [-0.15, -0.1) is 16.4 Å². The Morgan fingerprint density at radius 2 is 1.51 bits per heavy atom. The Morgan fingerprint density at radius 1 is 0.826 bits per heavy atom. The molecule has 4 amide bonds. The van der Waals surface area contributed by atoms with Crippen LogP contribution in [-0.4, -0.2) is 192 Å². The van der Waals surface area contributed by atoms with E-state index >= 15 is 0 Å². The highest BCUT2D eigenvalue weighted by Crippen LogP contribution is 2.37. The number of unbranched alkanes of at least 4 members (excludes halogenated alkanes) is 2. The number of pyridine rings is 1. The highest BCUT2D eigenvalue weighted by atomic mass is 32.1. The Balaban J connectivity index is 0.654. The van der Waals surface area contributed by atoms with Crippen molar-refractivity contribution in [2.75, 3.05) is 98.9 Å². The van der Waals surface area contributed by atoms with Gasteiger partial charge in [0.2, 0.25) is 23.6 Å². The Hall–Kier alpha value is -7.08. The number of aliphatic hydroxyl groups excluding tert-OH is 1. The van der Waals surface area contributed by atoms with Crippen LogP contribution in [0, 0.1) is 19.3 Å². The predicted octanol–water partition coefficient (Wildman–Crippen LogP) is 7.26. The van der Waals surface area contributed by atoms with Crippen LogP contribution in [0.25, 0.3) is 16.0 Å². The zero-order valence-corrected chi connectivity index (χ0v) is 54.0. The van der Waals surface area contributed by atoms with E-state index in [9.17, 15) is 37.5 Å². The third kappa shape index (κ3) is 20.2. The number of hydrogen-bond donors (Lipinski definition) is 4. The number of likely N-dealkylation sites (tertiary alicyclic amines) is 1. The molecule has 5 aromatic rings. The Labute approximate surface area is 538 Å². The highest BCUT2D eigenvalue weighted by Gasteiger charge is 2.49. The van der Waals surface area contributed by atoms with Gasteiger partial charge in [-0.25, -0.2) is 9.98 Å². The van der Waals surface area contributed by atoms with Gasteiger partial charge in [-0.3, -0.25) is 33.7 Å². The zero-order valence-electron chi connectivity index (χ0n) is 53.2. The molecule has 1 unspecified atom stereocenters. The maximum absolute atomic E-state index is 14.1. The van der Waals surface area contributed by atoms with E-state index in [1.54, 1.807) is 34.5 Å². The lowest BCUT2D eigenvalue weighted by Gasteiger charge is -2.47. The van der Waals surface area contributed by atoms with Crippen molar-refractivity contribution >= 4 is 46.4 Å². The first-order valence-electron chi connectivity index (χ1n) is 31.2. The van der Waals surface area contributed by atoms with Gasteiger partial charge in [-0.2, -0.15) is 13.2 Å². The summed E-state index contributed by atoms with van der Waals surface area (Å²) >= 11 is 1.57. The number of carbonyl (C=O) groups excluding carboxylic acids is 4. The summed E-state index contributed by atoms with van der Waals surface area (Å²) < 4.78 is 83.2. The van der Waals surface area contributed by atoms with Gasteiger partial charge in [0, 0.05) is 74.7 Å². The number of thiazole rings is 1. The Morgan fingerprint density at radius 3 is 2.16 bits per heavy atom. The number of nitrogens with one attached hydrogen (secondary N) is 3. The third-order valence-corrected chi connectivity index (χ3v) is 16.9. The molecule has 0 radical (unpaired) electrons. The maximum Gasteiger partial charge on any atom is 0.416 e. The van der Waals surface area contributed by atoms with Crippen molar-refractivity contribution in [3.8, 4) is 10.4 Å². The van der Waals surface area contributed by atoms with Crippen molar-refractivity contribution in [3.63, 3.8) is 0 Å². The van der Waals surface area contributed by atoms with Crippen LogP contribution in [0.5, 0.6) is 0 Å². The van der Waals surface area contributed by atoms with Crippen LogP contribution >= 0.6 is 11.3 Å². The number of benzene rings is 2. The molecule has 23 nitrogen and oxygen atoms in total. The van der Waals surface area contributed by atoms with Crippen molar-refractivity contribution in [2.24, 2.45) is 10.4 Å². The molecule has 2 saturated heterocycles. The van der Waals surface area contributed by atoms with E-state index in [1.807, 2.05) is 88.5 Å². The first-order chi connectivity index (χ1) is 44.2. The van der Waals surface area contributed by atoms with Crippen molar-refractivity contribution in [2.45, 2.75) is 129 Å². The summed E-state index contributed by atoms with van der Waals surface area (Å²) in [5.74, 6) is -1.59. The fraction of sp³-hybridized carbons (Fsp3) is 0.554. The molecule has 0 bridgehead atoms. The number of aromatic nitrogens is 5. The van der Waals surface area contributed by atoms with Crippen LogP contribution in [0.4, 0.5) is 13.2 Å². The number of aliphatic hydroxyl groups is 1. The van der Waals surface area contributed by atoms with E-state index in [2.05, 4.69) is 36.2 Å². The number of carbonyl (C=O) groups is 4. The number of morpholine rings is 1. The van der Waals surface area contributed by atoms with E-state index in [1.165, 1.54) is 17.0 Å². The number of aliphatic imine (C=N–C) groups is 1. The monoisotopic (exact) mass is 1300 g/mol. The minimum absolute atomic E-state index is 0.00837. The summed E-state index contributed by atoms with van der Waals surface area (Å²) in [6, 6.07) is 13.8. The molecular weight excluding hydrogens is 1220 g/mol. The van der Waals surface area contributed by atoms with E-state index < -0.39 is 52.8 Å².